The summed E-state index contributed by atoms with van der Waals surface area (Å²) < 4.78 is 0. The molecule has 1 aromatic heterocycles. The molecule has 1 aliphatic rings. The Kier molecular flexibility index (Phi) is 2.96. The summed E-state index contributed by atoms with van der Waals surface area (Å²) in [4.78, 5) is 14.2. The number of carbonyl (C=O) groups is 1. The Labute approximate surface area is 95.2 Å². The third kappa shape index (κ3) is 1.95. The summed E-state index contributed by atoms with van der Waals surface area (Å²) in [5.74, 6) is 0.0760. The smallest absolute Gasteiger partial charge is 0.257 e. The lowest BCUT2D eigenvalue weighted by Gasteiger charge is -2.37. The first-order chi connectivity index (χ1) is 7.59. The van der Waals surface area contributed by atoms with Gasteiger partial charge in [0.2, 0.25) is 0 Å². The predicted molar refractivity (Wildman–Crippen MR) is 61.3 cm³/mol. The van der Waals surface area contributed by atoms with E-state index in [1.165, 1.54) is 0 Å². The van der Waals surface area contributed by atoms with Crippen LogP contribution in [0.4, 0.5) is 0 Å². The maximum absolute atomic E-state index is 12.3. The highest BCUT2D eigenvalue weighted by Crippen LogP contribution is 2.13. The van der Waals surface area contributed by atoms with Crippen LogP contribution < -0.4 is 5.32 Å². The minimum absolute atomic E-state index is 0.0760. The van der Waals surface area contributed by atoms with Gasteiger partial charge in [0.25, 0.3) is 5.91 Å². The maximum atomic E-state index is 12.3. The van der Waals surface area contributed by atoms with E-state index in [0.717, 1.165) is 18.8 Å². The summed E-state index contributed by atoms with van der Waals surface area (Å²) in [7, 11) is 0. The van der Waals surface area contributed by atoms with Gasteiger partial charge in [-0.1, -0.05) is 0 Å². The summed E-state index contributed by atoms with van der Waals surface area (Å²) in [6.07, 6.45) is 1.61. The Balaban J connectivity index is 2.18. The molecule has 5 heteroatoms. The van der Waals surface area contributed by atoms with Crippen molar-refractivity contribution in [1.82, 2.24) is 20.4 Å². The van der Waals surface area contributed by atoms with Gasteiger partial charge in [-0.2, -0.15) is 5.10 Å². The molecule has 2 rings (SSSR count). The van der Waals surface area contributed by atoms with Crippen LogP contribution >= 0.6 is 0 Å². The minimum atomic E-state index is 0.0760. The molecule has 0 saturated carbocycles. The van der Waals surface area contributed by atoms with Crippen molar-refractivity contribution in [3.8, 4) is 0 Å². The molecule has 1 amide bonds. The van der Waals surface area contributed by atoms with Crippen LogP contribution in [0.15, 0.2) is 6.20 Å². The molecule has 2 unspecified atom stereocenters. The zero-order valence-corrected chi connectivity index (χ0v) is 9.95. The number of hydrogen-bond acceptors (Lipinski definition) is 3. The molecule has 2 heterocycles. The van der Waals surface area contributed by atoms with Crippen LogP contribution in [0.2, 0.25) is 0 Å². The van der Waals surface area contributed by atoms with Crippen molar-refractivity contribution in [3.05, 3.63) is 17.5 Å². The van der Waals surface area contributed by atoms with Gasteiger partial charge in [-0.25, -0.2) is 0 Å². The van der Waals surface area contributed by atoms with Crippen LogP contribution in [0.25, 0.3) is 0 Å². The van der Waals surface area contributed by atoms with Crippen molar-refractivity contribution < 1.29 is 4.79 Å². The van der Waals surface area contributed by atoms with Crippen LogP contribution in [0.3, 0.4) is 0 Å². The van der Waals surface area contributed by atoms with Crippen molar-refractivity contribution in [2.75, 3.05) is 13.1 Å². The SMILES string of the molecule is Cc1[nH]ncc1C(=O)N1CC(C)NCC1C. The topological polar surface area (TPSA) is 61.0 Å². The number of aromatic amines is 1. The highest BCUT2D eigenvalue weighted by molar-refractivity contribution is 5.95. The number of aromatic nitrogens is 2. The third-order valence-electron chi connectivity index (χ3n) is 3.09. The van der Waals surface area contributed by atoms with Crippen molar-refractivity contribution >= 4 is 5.91 Å². The lowest BCUT2D eigenvalue weighted by atomic mass is 10.1. The van der Waals surface area contributed by atoms with Crippen molar-refractivity contribution in [2.24, 2.45) is 0 Å². The number of rotatable bonds is 1. The minimum Gasteiger partial charge on any atom is -0.333 e. The Morgan fingerprint density at radius 3 is 2.94 bits per heavy atom. The Morgan fingerprint density at radius 1 is 1.56 bits per heavy atom. The van der Waals surface area contributed by atoms with E-state index in [4.69, 9.17) is 0 Å². The van der Waals surface area contributed by atoms with E-state index in [-0.39, 0.29) is 11.9 Å². The molecular weight excluding hydrogens is 204 g/mol. The number of hydrogen-bond donors (Lipinski definition) is 2. The van der Waals surface area contributed by atoms with Gasteiger partial charge in [0.15, 0.2) is 0 Å². The first-order valence-electron chi connectivity index (χ1n) is 5.64. The van der Waals surface area contributed by atoms with Crippen LogP contribution in [0, 0.1) is 6.92 Å². The van der Waals surface area contributed by atoms with Gasteiger partial charge < -0.3 is 10.2 Å². The van der Waals surface area contributed by atoms with Gasteiger partial charge >= 0.3 is 0 Å². The molecule has 88 valence electrons. The summed E-state index contributed by atoms with van der Waals surface area (Å²) in [5, 5.41) is 10.1. The van der Waals surface area contributed by atoms with Gasteiger partial charge in [-0.15, -0.1) is 0 Å². The summed E-state index contributed by atoms with van der Waals surface area (Å²) in [6.45, 7) is 7.63. The standard InChI is InChI=1S/C11H18N4O/c1-7-6-15(8(2)4-12-7)11(16)10-5-13-14-9(10)3/h5,7-8,12H,4,6H2,1-3H3,(H,13,14). The van der Waals surface area contributed by atoms with Gasteiger partial charge in [-0.05, 0) is 20.8 Å². The fraction of sp³-hybridized carbons (Fsp3) is 0.636. The summed E-state index contributed by atoms with van der Waals surface area (Å²) >= 11 is 0. The fourth-order valence-corrected chi connectivity index (χ4v) is 2.03. The highest BCUT2D eigenvalue weighted by Gasteiger charge is 2.28. The van der Waals surface area contributed by atoms with E-state index in [0.29, 0.717) is 11.6 Å². The van der Waals surface area contributed by atoms with Crippen LogP contribution in [0.5, 0.6) is 0 Å². The molecule has 1 aromatic rings. The fourth-order valence-electron chi connectivity index (χ4n) is 2.03. The lowest BCUT2D eigenvalue weighted by Crippen LogP contribution is -2.56. The first kappa shape index (κ1) is 11.1. The van der Waals surface area contributed by atoms with Gasteiger partial charge in [0.1, 0.15) is 0 Å². The molecule has 5 nitrogen and oxygen atoms in total. The Bertz CT molecular complexity index is 387. The van der Waals surface area contributed by atoms with E-state index in [1.807, 2.05) is 11.8 Å². The second-order valence-corrected chi connectivity index (χ2v) is 4.52. The molecule has 2 atom stereocenters. The predicted octanol–water partition coefficient (Wildman–Crippen LogP) is 0.541. The van der Waals surface area contributed by atoms with Gasteiger partial charge in [0.05, 0.1) is 11.8 Å². The Hall–Kier alpha value is -1.36. The van der Waals surface area contributed by atoms with Crippen LogP contribution in [-0.4, -0.2) is 46.2 Å². The van der Waals surface area contributed by atoms with Crippen molar-refractivity contribution in [1.29, 1.82) is 0 Å². The zero-order chi connectivity index (χ0) is 11.7. The molecular formula is C11H18N4O. The lowest BCUT2D eigenvalue weighted by molar-refractivity contribution is 0.0615. The molecule has 0 spiro atoms. The highest BCUT2D eigenvalue weighted by atomic mass is 16.2. The average Bonchev–Trinajstić information content (AvgIpc) is 2.67. The molecule has 1 fully saturated rings. The number of carbonyl (C=O) groups excluding carboxylic acids is 1. The molecule has 0 aromatic carbocycles. The van der Waals surface area contributed by atoms with E-state index in [1.54, 1.807) is 6.20 Å². The van der Waals surface area contributed by atoms with Crippen LogP contribution in [0.1, 0.15) is 29.9 Å². The number of nitrogens with zero attached hydrogens (tertiary/aromatic N) is 2. The second-order valence-electron chi connectivity index (χ2n) is 4.52. The van der Waals surface area contributed by atoms with E-state index in [9.17, 15) is 4.79 Å². The van der Waals surface area contributed by atoms with Crippen LogP contribution in [-0.2, 0) is 0 Å². The monoisotopic (exact) mass is 222 g/mol. The quantitative estimate of drug-likeness (QED) is 0.729. The average molecular weight is 222 g/mol. The van der Waals surface area contributed by atoms with Gasteiger partial charge in [0, 0.05) is 30.9 Å². The van der Waals surface area contributed by atoms with E-state index < -0.39 is 0 Å². The normalized spacial score (nSPS) is 25.8. The third-order valence-corrected chi connectivity index (χ3v) is 3.09. The van der Waals surface area contributed by atoms with Crippen molar-refractivity contribution in [3.63, 3.8) is 0 Å². The molecule has 0 radical (unpaired) electrons. The van der Waals surface area contributed by atoms with Crippen molar-refractivity contribution in [2.45, 2.75) is 32.9 Å². The Morgan fingerprint density at radius 2 is 2.31 bits per heavy atom. The molecule has 16 heavy (non-hydrogen) atoms. The zero-order valence-electron chi connectivity index (χ0n) is 9.95. The van der Waals surface area contributed by atoms with Gasteiger partial charge in [-0.3, -0.25) is 9.89 Å². The number of aryl methyl sites for hydroxylation is 1. The largest absolute Gasteiger partial charge is 0.333 e. The molecule has 0 bridgehead atoms. The number of amides is 1. The molecule has 1 aliphatic heterocycles. The first-order valence-corrected chi connectivity index (χ1v) is 5.64. The number of nitrogens with one attached hydrogen (secondary N) is 2. The summed E-state index contributed by atoms with van der Waals surface area (Å²) in [6, 6.07) is 0.588. The number of H-pyrrole nitrogens is 1. The molecule has 0 aliphatic carbocycles. The van der Waals surface area contributed by atoms with E-state index >= 15 is 0 Å². The van der Waals surface area contributed by atoms with E-state index in [2.05, 4.69) is 29.4 Å². The molecule has 1 saturated heterocycles. The maximum Gasteiger partial charge on any atom is 0.257 e. The second kappa shape index (κ2) is 4.25. The summed E-state index contributed by atoms with van der Waals surface area (Å²) in [5.41, 5.74) is 1.52. The molecule has 2 N–H and O–H groups in total. The number of piperazine rings is 1.